The Bertz CT molecular complexity index is 1310. The zero-order valence-corrected chi connectivity index (χ0v) is 29.6. The number of amides is 1. The highest BCUT2D eigenvalue weighted by molar-refractivity contribution is 7.13. The van der Waals surface area contributed by atoms with Gasteiger partial charge in [-0.25, -0.2) is 4.98 Å². The number of carbonyl (C=O) groups excluding carboxylic acids is 1. The summed E-state index contributed by atoms with van der Waals surface area (Å²) in [5, 5.41) is 0. The third-order valence-electron chi connectivity index (χ3n) is 7.41. The lowest BCUT2D eigenvalue weighted by atomic mass is 10.1. The molecule has 1 aromatic heterocycles. The van der Waals surface area contributed by atoms with Gasteiger partial charge in [-0.2, -0.15) is 0 Å². The van der Waals surface area contributed by atoms with Crippen molar-refractivity contribution in [1.29, 1.82) is 0 Å². The van der Waals surface area contributed by atoms with Gasteiger partial charge in [-0.1, -0.05) is 36.4 Å². The van der Waals surface area contributed by atoms with E-state index in [1.54, 1.807) is 11.3 Å². The number of benzene rings is 2. The van der Waals surface area contributed by atoms with Crippen molar-refractivity contribution in [2.24, 2.45) is 17.2 Å². The lowest BCUT2D eigenvalue weighted by Crippen LogP contribution is -2.28. The van der Waals surface area contributed by atoms with Crippen LogP contribution in [0.2, 0.25) is 0 Å². The van der Waals surface area contributed by atoms with Crippen LogP contribution in [0.25, 0.3) is 10.4 Å². The van der Waals surface area contributed by atoms with Gasteiger partial charge in [0, 0.05) is 31.2 Å². The molecule has 1 amide bonds. The smallest absolute Gasteiger partial charge is 0.217 e. The van der Waals surface area contributed by atoms with Crippen molar-refractivity contribution < 1.29 is 38.0 Å². The Kier molecular flexibility index (Phi) is 20.7. The van der Waals surface area contributed by atoms with Crippen molar-refractivity contribution in [1.82, 2.24) is 4.98 Å². The number of nitrogens with zero attached hydrogens (tertiary/aromatic N) is 1. The first kappa shape index (κ1) is 40.4. The summed E-state index contributed by atoms with van der Waals surface area (Å²) in [7, 11) is 0. The normalized spacial score (nSPS) is 12.0. The Balaban J connectivity index is 1.06. The maximum absolute atomic E-state index is 10.8. The Morgan fingerprint density at radius 3 is 1.96 bits per heavy atom. The molecule has 0 aliphatic rings. The molecule has 3 aromatic rings. The Hall–Kier alpha value is -2.98. The Morgan fingerprint density at radius 1 is 0.796 bits per heavy atom. The minimum Gasteiger partial charge on any atom is -0.491 e. The molecule has 0 saturated heterocycles. The molecule has 272 valence electrons. The number of ether oxygens (including phenoxy) is 7. The van der Waals surface area contributed by atoms with Crippen molar-refractivity contribution in [2.45, 2.75) is 51.8 Å². The summed E-state index contributed by atoms with van der Waals surface area (Å²) < 4.78 is 39.6. The molecule has 2 aromatic carbocycles. The Labute approximate surface area is 294 Å². The summed E-state index contributed by atoms with van der Waals surface area (Å²) in [5.41, 5.74) is 24.2. The molecule has 0 aliphatic heterocycles. The summed E-state index contributed by atoms with van der Waals surface area (Å²) >= 11 is 1.61. The van der Waals surface area contributed by atoms with Crippen LogP contribution in [-0.4, -0.2) is 96.2 Å². The summed E-state index contributed by atoms with van der Waals surface area (Å²) in [6.45, 7) is 8.95. The SMILES string of the molecule is Cc1ncsc1-c1ccc(CN)c(OCCOCCOCCOCCOCCOCCCc2ccc(COC[C@@H](N)CCC(N)=O)cc2)c1. The standard InChI is InChI=1S/C36H54N4O8S/c1-28-36(49-27-40-28)31-8-9-32(24-37)34(23-31)48-22-21-46-20-19-45-18-17-44-16-15-43-14-13-42-12-2-3-29-4-6-30(7-5-29)25-47-26-33(38)10-11-35(39)41/h4-9,23,27,33H,2-3,10-22,24-26,37-38H2,1H3,(H2,39,41)/t33-/m0/s1. The van der Waals surface area contributed by atoms with Crippen LogP contribution in [0.1, 0.15) is 41.6 Å². The van der Waals surface area contributed by atoms with Crippen LogP contribution in [0.3, 0.4) is 0 Å². The fraction of sp³-hybridized carbons (Fsp3) is 0.556. The minimum absolute atomic E-state index is 0.187. The quantitative estimate of drug-likeness (QED) is 0.0899. The molecule has 0 spiro atoms. The van der Waals surface area contributed by atoms with E-state index in [-0.39, 0.29) is 18.4 Å². The van der Waals surface area contributed by atoms with Crippen molar-refractivity contribution in [3.8, 4) is 16.2 Å². The van der Waals surface area contributed by atoms with Gasteiger partial charge in [0.05, 0.1) is 88.8 Å². The van der Waals surface area contributed by atoms with Gasteiger partial charge in [-0.3, -0.25) is 4.79 Å². The van der Waals surface area contributed by atoms with E-state index in [0.717, 1.165) is 45.9 Å². The number of thiazole rings is 1. The first-order valence-electron chi connectivity index (χ1n) is 16.9. The van der Waals surface area contributed by atoms with Crippen LogP contribution in [0.15, 0.2) is 48.0 Å². The lowest BCUT2D eigenvalue weighted by molar-refractivity contribution is -0.118. The molecule has 1 heterocycles. The number of primary amides is 1. The van der Waals surface area contributed by atoms with Gasteiger partial charge in [-0.05, 0) is 48.9 Å². The molecule has 1 atom stereocenters. The molecule has 0 aliphatic carbocycles. The molecule has 13 heteroatoms. The number of carbonyl (C=O) groups is 1. The Morgan fingerprint density at radius 2 is 1.39 bits per heavy atom. The van der Waals surface area contributed by atoms with E-state index < -0.39 is 0 Å². The molecular weight excluding hydrogens is 648 g/mol. The number of hydrogen-bond acceptors (Lipinski definition) is 12. The molecule has 49 heavy (non-hydrogen) atoms. The van der Waals surface area contributed by atoms with Gasteiger partial charge in [0.2, 0.25) is 5.91 Å². The third kappa shape index (κ3) is 17.5. The first-order valence-corrected chi connectivity index (χ1v) is 17.8. The van der Waals surface area contributed by atoms with Crippen LogP contribution in [0, 0.1) is 6.92 Å². The summed E-state index contributed by atoms with van der Waals surface area (Å²) in [6.07, 6.45) is 2.69. The van der Waals surface area contributed by atoms with Crippen LogP contribution in [-0.2, 0) is 52.8 Å². The second kappa shape index (κ2) is 25.0. The van der Waals surface area contributed by atoms with Gasteiger partial charge in [-0.15, -0.1) is 11.3 Å². The van der Waals surface area contributed by atoms with E-state index in [2.05, 4.69) is 35.3 Å². The van der Waals surface area contributed by atoms with E-state index >= 15 is 0 Å². The minimum atomic E-state index is -0.342. The van der Waals surface area contributed by atoms with E-state index in [4.69, 9.17) is 50.4 Å². The largest absolute Gasteiger partial charge is 0.491 e. The van der Waals surface area contributed by atoms with E-state index in [1.165, 1.54) is 5.56 Å². The molecule has 0 unspecified atom stereocenters. The van der Waals surface area contributed by atoms with Crippen LogP contribution in [0.5, 0.6) is 5.75 Å². The van der Waals surface area contributed by atoms with Crippen molar-refractivity contribution >= 4 is 17.2 Å². The molecule has 0 radical (unpaired) electrons. The lowest BCUT2D eigenvalue weighted by Gasteiger charge is -2.12. The summed E-state index contributed by atoms with van der Waals surface area (Å²) in [5.74, 6) is 0.435. The van der Waals surface area contributed by atoms with Gasteiger partial charge in [0.15, 0.2) is 0 Å². The van der Waals surface area contributed by atoms with E-state index in [0.29, 0.717) is 98.9 Å². The van der Waals surface area contributed by atoms with Crippen molar-refractivity contribution in [3.05, 3.63) is 70.4 Å². The first-order chi connectivity index (χ1) is 24.0. The van der Waals surface area contributed by atoms with Gasteiger partial charge in [0.1, 0.15) is 12.4 Å². The molecule has 0 fully saturated rings. The predicted octanol–water partition coefficient (Wildman–Crippen LogP) is 3.78. The van der Waals surface area contributed by atoms with Crippen LogP contribution < -0.4 is 21.9 Å². The highest BCUT2D eigenvalue weighted by atomic mass is 32.1. The average Bonchev–Trinajstić information content (AvgIpc) is 3.54. The zero-order chi connectivity index (χ0) is 34.9. The summed E-state index contributed by atoms with van der Waals surface area (Å²) in [4.78, 5) is 16.3. The number of aromatic nitrogens is 1. The number of hydrogen-bond donors (Lipinski definition) is 3. The number of rotatable bonds is 29. The average molecular weight is 703 g/mol. The fourth-order valence-corrected chi connectivity index (χ4v) is 5.49. The molecule has 6 N–H and O–H groups in total. The third-order valence-corrected chi connectivity index (χ3v) is 8.38. The molecule has 12 nitrogen and oxygen atoms in total. The van der Waals surface area contributed by atoms with Gasteiger partial charge < -0.3 is 50.4 Å². The van der Waals surface area contributed by atoms with Crippen LogP contribution in [0.4, 0.5) is 0 Å². The van der Waals surface area contributed by atoms with Gasteiger partial charge in [0.25, 0.3) is 0 Å². The topological polar surface area (TPSA) is 173 Å². The maximum atomic E-state index is 10.8. The molecular formula is C36H54N4O8S. The molecule has 3 rings (SSSR count). The highest BCUT2D eigenvalue weighted by Crippen LogP contribution is 2.31. The number of aryl methyl sites for hydroxylation is 2. The highest BCUT2D eigenvalue weighted by Gasteiger charge is 2.10. The van der Waals surface area contributed by atoms with E-state index in [1.807, 2.05) is 24.6 Å². The van der Waals surface area contributed by atoms with Crippen molar-refractivity contribution in [2.75, 3.05) is 79.3 Å². The van der Waals surface area contributed by atoms with Crippen molar-refractivity contribution in [3.63, 3.8) is 0 Å². The van der Waals surface area contributed by atoms with Crippen LogP contribution >= 0.6 is 11.3 Å². The second-order valence-corrected chi connectivity index (χ2v) is 12.3. The number of nitrogens with two attached hydrogens (primary N) is 3. The second-order valence-electron chi connectivity index (χ2n) is 11.4. The zero-order valence-electron chi connectivity index (χ0n) is 28.8. The predicted molar refractivity (Wildman–Crippen MR) is 191 cm³/mol. The van der Waals surface area contributed by atoms with E-state index in [9.17, 15) is 4.79 Å². The molecule has 0 bridgehead atoms. The fourth-order valence-electron chi connectivity index (χ4n) is 4.69. The maximum Gasteiger partial charge on any atom is 0.217 e. The summed E-state index contributed by atoms with van der Waals surface area (Å²) in [6, 6.07) is 14.2. The molecule has 0 saturated carbocycles. The monoisotopic (exact) mass is 702 g/mol. The van der Waals surface area contributed by atoms with Gasteiger partial charge >= 0.3 is 0 Å².